The van der Waals surface area contributed by atoms with Crippen LogP contribution in [0.25, 0.3) is 0 Å². The molecule has 138 valence electrons. The van der Waals surface area contributed by atoms with Crippen molar-refractivity contribution in [1.82, 2.24) is 15.1 Å². The summed E-state index contributed by atoms with van der Waals surface area (Å²) < 4.78 is 5.39. The van der Waals surface area contributed by atoms with Gasteiger partial charge in [-0.25, -0.2) is 0 Å². The number of ether oxygens (including phenoxy) is 1. The average Bonchev–Trinajstić information content (AvgIpc) is 3.01. The third-order valence-electron chi connectivity index (χ3n) is 4.93. The second-order valence-corrected chi connectivity index (χ2v) is 7.05. The Labute approximate surface area is 147 Å². The van der Waals surface area contributed by atoms with Crippen LogP contribution in [0.4, 0.5) is 0 Å². The molecule has 0 radical (unpaired) electrons. The Morgan fingerprint density at radius 2 is 1.75 bits per heavy atom. The monoisotopic (exact) mass is 337 g/mol. The predicted molar refractivity (Wildman–Crippen MR) is 98.1 cm³/mol. The maximum atomic E-state index is 12.2. The summed E-state index contributed by atoms with van der Waals surface area (Å²) >= 11 is 0. The van der Waals surface area contributed by atoms with Crippen molar-refractivity contribution in [2.24, 2.45) is 0 Å². The zero-order chi connectivity index (χ0) is 17.2. The molecule has 2 saturated heterocycles. The lowest BCUT2D eigenvalue weighted by Gasteiger charge is -2.28. The number of likely N-dealkylation sites (tertiary alicyclic amines) is 1. The summed E-state index contributed by atoms with van der Waals surface area (Å²) in [6, 6.07) is 0.308. The smallest absolute Gasteiger partial charge is 0.244 e. The lowest BCUT2D eigenvalue weighted by molar-refractivity contribution is -0.117. The van der Waals surface area contributed by atoms with Gasteiger partial charge in [0.25, 0.3) is 0 Å². The molecule has 1 atom stereocenters. The third-order valence-corrected chi connectivity index (χ3v) is 4.93. The number of hydrogen-bond donors (Lipinski definition) is 1. The molecule has 0 aliphatic carbocycles. The summed E-state index contributed by atoms with van der Waals surface area (Å²) in [4.78, 5) is 17.2. The molecular formula is C19H35N3O2. The largest absolute Gasteiger partial charge is 0.379 e. The van der Waals surface area contributed by atoms with Gasteiger partial charge in [0, 0.05) is 51.4 Å². The highest BCUT2D eigenvalue weighted by molar-refractivity contribution is 5.88. The fraction of sp³-hybridized carbons (Fsp3) is 0.842. The predicted octanol–water partition coefficient (Wildman–Crippen LogP) is 2.04. The molecule has 5 nitrogen and oxygen atoms in total. The van der Waals surface area contributed by atoms with Crippen LogP contribution in [0.5, 0.6) is 0 Å². The van der Waals surface area contributed by atoms with E-state index in [1.165, 1.54) is 5.57 Å². The molecular weight excluding hydrogens is 302 g/mol. The Morgan fingerprint density at radius 3 is 2.42 bits per heavy atom. The van der Waals surface area contributed by atoms with Crippen LogP contribution in [-0.2, 0) is 9.53 Å². The highest BCUT2D eigenvalue weighted by Gasteiger charge is 2.23. The standard InChI is InChI=1S/C19H35N3O2/c1-3-5-17(6-4-2)15-19(23)20-18-7-8-22(16-18)10-9-21-11-13-24-14-12-21/h15,18H,3-14,16H2,1-2H3,(H,20,23). The molecule has 2 aliphatic rings. The van der Waals surface area contributed by atoms with Crippen molar-refractivity contribution in [2.75, 3.05) is 52.5 Å². The summed E-state index contributed by atoms with van der Waals surface area (Å²) in [5.74, 6) is 0.104. The van der Waals surface area contributed by atoms with Crippen LogP contribution in [-0.4, -0.2) is 74.2 Å². The number of carbonyl (C=O) groups excluding carboxylic acids is 1. The van der Waals surface area contributed by atoms with E-state index in [2.05, 4.69) is 29.0 Å². The Balaban J connectivity index is 1.68. The van der Waals surface area contributed by atoms with Gasteiger partial charge in [0.2, 0.25) is 5.91 Å². The first-order valence-corrected chi connectivity index (χ1v) is 9.73. The second-order valence-electron chi connectivity index (χ2n) is 7.05. The van der Waals surface area contributed by atoms with Crippen molar-refractivity contribution in [3.8, 4) is 0 Å². The SMILES string of the molecule is CCCC(=CC(=O)NC1CCN(CCN2CCOCC2)C1)CCC. The van der Waals surface area contributed by atoms with Crippen LogP contribution in [0, 0.1) is 0 Å². The average molecular weight is 338 g/mol. The van der Waals surface area contributed by atoms with Crippen molar-refractivity contribution >= 4 is 5.91 Å². The minimum atomic E-state index is 0.104. The van der Waals surface area contributed by atoms with Gasteiger partial charge in [-0.2, -0.15) is 0 Å². The number of hydrogen-bond acceptors (Lipinski definition) is 4. The highest BCUT2D eigenvalue weighted by Crippen LogP contribution is 2.13. The van der Waals surface area contributed by atoms with E-state index in [9.17, 15) is 4.79 Å². The molecule has 1 N–H and O–H groups in total. The number of carbonyl (C=O) groups is 1. The van der Waals surface area contributed by atoms with Crippen LogP contribution in [0.1, 0.15) is 46.0 Å². The number of amides is 1. The molecule has 0 bridgehead atoms. The first-order chi connectivity index (χ1) is 11.7. The quantitative estimate of drug-likeness (QED) is 0.654. The second kappa shape index (κ2) is 10.9. The number of nitrogens with one attached hydrogen (secondary N) is 1. The maximum Gasteiger partial charge on any atom is 0.244 e. The van der Waals surface area contributed by atoms with Crippen LogP contribution < -0.4 is 5.32 Å². The molecule has 24 heavy (non-hydrogen) atoms. The van der Waals surface area contributed by atoms with Crippen LogP contribution in [0.15, 0.2) is 11.6 Å². The van der Waals surface area contributed by atoms with Gasteiger partial charge in [0.1, 0.15) is 0 Å². The van der Waals surface area contributed by atoms with Gasteiger partial charge in [-0.15, -0.1) is 0 Å². The topological polar surface area (TPSA) is 44.8 Å². The van der Waals surface area contributed by atoms with E-state index in [4.69, 9.17) is 4.74 Å². The molecule has 2 aliphatic heterocycles. The van der Waals surface area contributed by atoms with Gasteiger partial charge in [-0.1, -0.05) is 32.3 Å². The van der Waals surface area contributed by atoms with Crippen molar-refractivity contribution in [3.05, 3.63) is 11.6 Å². The summed E-state index contributed by atoms with van der Waals surface area (Å²) in [6.07, 6.45) is 7.22. The zero-order valence-electron chi connectivity index (χ0n) is 15.6. The van der Waals surface area contributed by atoms with E-state index in [1.807, 2.05) is 6.08 Å². The molecule has 2 rings (SSSR count). The molecule has 0 aromatic rings. The van der Waals surface area contributed by atoms with Gasteiger partial charge in [-0.3, -0.25) is 14.6 Å². The molecule has 5 heteroatoms. The van der Waals surface area contributed by atoms with E-state index >= 15 is 0 Å². The van der Waals surface area contributed by atoms with Crippen LogP contribution in [0.2, 0.25) is 0 Å². The van der Waals surface area contributed by atoms with Crippen molar-refractivity contribution in [1.29, 1.82) is 0 Å². The summed E-state index contributed by atoms with van der Waals surface area (Å²) in [6.45, 7) is 12.5. The molecule has 2 heterocycles. The van der Waals surface area contributed by atoms with E-state index in [1.54, 1.807) is 0 Å². The summed E-state index contributed by atoms with van der Waals surface area (Å²) in [5, 5.41) is 3.20. The van der Waals surface area contributed by atoms with Crippen molar-refractivity contribution in [3.63, 3.8) is 0 Å². The molecule has 0 aromatic carbocycles. The number of nitrogens with zero attached hydrogens (tertiary/aromatic N) is 2. The Bertz CT molecular complexity index is 397. The molecule has 1 amide bonds. The van der Waals surface area contributed by atoms with Gasteiger partial charge >= 0.3 is 0 Å². The minimum absolute atomic E-state index is 0.104. The Hall–Kier alpha value is -0.910. The highest BCUT2D eigenvalue weighted by atomic mass is 16.5. The van der Waals surface area contributed by atoms with Gasteiger partial charge < -0.3 is 10.1 Å². The summed E-state index contributed by atoms with van der Waals surface area (Å²) in [5.41, 5.74) is 1.29. The van der Waals surface area contributed by atoms with E-state index < -0.39 is 0 Å². The number of morpholine rings is 1. The third kappa shape index (κ3) is 6.91. The van der Waals surface area contributed by atoms with Gasteiger partial charge in [0.15, 0.2) is 0 Å². The lowest BCUT2D eigenvalue weighted by Crippen LogP contribution is -2.42. The normalized spacial score (nSPS) is 22.5. The molecule has 1 unspecified atom stereocenters. The summed E-state index contributed by atoms with van der Waals surface area (Å²) in [7, 11) is 0. The van der Waals surface area contributed by atoms with E-state index in [0.29, 0.717) is 6.04 Å². The van der Waals surface area contributed by atoms with Gasteiger partial charge in [-0.05, 0) is 19.3 Å². The Morgan fingerprint density at radius 1 is 1.08 bits per heavy atom. The molecule has 0 aromatic heterocycles. The molecule has 2 fully saturated rings. The van der Waals surface area contributed by atoms with Crippen LogP contribution in [0.3, 0.4) is 0 Å². The first kappa shape index (κ1) is 19.4. The van der Waals surface area contributed by atoms with Crippen molar-refractivity contribution in [2.45, 2.75) is 52.0 Å². The number of allylic oxidation sites excluding steroid dienone is 1. The fourth-order valence-corrected chi connectivity index (χ4v) is 3.60. The first-order valence-electron chi connectivity index (χ1n) is 9.73. The van der Waals surface area contributed by atoms with Gasteiger partial charge in [0.05, 0.1) is 13.2 Å². The maximum absolute atomic E-state index is 12.2. The number of rotatable bonds is 9. The van der Waals surface area contributed by atoms with Crippen molar-refractivity contribution < 1.29 is 9.53 Å². The molecule has 0 saturated carbocycles. The Kier molecular flexibility index (Phi) is 8.78. The zero-order valence-corrected chi connectivity index (χ0v) is 15.6. The van der Waals surface area contributed by atoms with E-state index in [-0.39, 0.29) is 5.91 Å². The fourth-order valence-electron chi connectivity index (χ4n) is 3.60. The minimum Gasteiger partial charge on any atom is -0.379 e. The molecule has 0 spiro atoms. The lowest BCUT2D eigenvalue weighted by atomic mass is 10.1. The van der Waals surface area contributed by atoms with Crippen LogP contribution >= 0.6 is 0 Å². The van der Waals surface area contributed by atoms with E-state index in [0.717, 1.165) is 84.6 Å².